The first-order chi connectivity index (χ1) is 14.0. The minimum absolute atomic E-state index is 0.0507. The van der Waals surface area contributed by atoms with Gasteiger partial charge in [-0.25, -0.2) is 4.79 Å². The maximum Gasteiger partial charge on any atom is 0.347 e. The molecule has 5 nitrogen and oxygen atoms in total. The van der Waals surface area contributed by atoms with Crippen LogP contribution in [0, 0.1) is 6.92 Å². The smallest absolute Gasteiger partial charge is 0.347 e. The first kappa shape index (κ1) is 18.9. The number of furan rings is 1. The molecule has 29 heavy (non-hydrogen) atoms. The number of aryl methyl sites for hydroxylation is 1. The summed E-state index contributed by atoms with van der Waals surface area (Å²) >= 11 is 0. The minimum atomic E-state index is -0.415. The van der Waals surface area contributed by atoms with Crippen molar-refractivity contribution in [3.05, 3.63) is 82.4 Å². The van der Waals surface area contributed by atoms with E-state index in [4.69, 9.17) is 13.6 Å². The van der Waals surface area contributed by atoms with Gasteiger partial charge in [0.05, 0.1) is 11.7 Å². The third-order valence-electron chi connectivity index (χ3n) is 4.52. The van der Waals surface area contributed by atoms with Crippen LogP contribution < -0.4 is 15.7 Å². The molecule has 0 fully saturated rings. The lowest BCUT2D eigenvalue weighted by molar-refractivity contribution is 0.242. The Balaban J connectivity index is 1.83. The summed E-state index contributed by atoms with van der Waals surface area (Å²) in [5, 5.41) is 3.76. The van der Waals surface area contributed by atoms with Crippen LogP contribution in [0.4, 0.5) is 5.88 Å². The summed E-state index contributed by atoms with van der Waals surface area (Å²) in [4.78, 5) is 12.7. The van der Waals surface area contributed by atoms with Crippen LogP contribution >= 0.6 is 0 Å². The zero-order chi connectivity index (χ0) is 20.4. The summed E-state index contributed by atoms with van der Waals surface area (Å²) in [6.45, 7) is 6.26. The van der Waals surface area contributed by atoms with Crippen LogP contribution in [0.3, 0.4) is 0 Å². The highest BCUT2D eigenvalue weighted by Crippen LogP contribution is 2.38. The Labute approximate surface area is 168 Å². The molecule has 0 saturated heterocycles. The molecule has 5 heteroatoms. The average Bonchev–Trinajstić information content (AvgIpc) is 3.05. The highest BCUT2D eigenvalue weighted by Gasteiger charge is 2.21. The van der Waals surface area contributed by atoms with Crippen molar-refractivity contribution >= 4 is 16.9 Å². The van der Waals surface area contributed by atoms with Crippen LogP contribution in [0.5, 0.6) is 5.75 Å². The molecule has 2 aromatic heterocycles. The van der Waals surface area contributed by atoms with Crippen molar-refractivity contribution in [3.63, 3.8) is 0 Å². The van der Waals surface area contributed by atoms with Gasteiger partial charge < -0.3 is 18.9 Å². The van der Waals surface area contributed by atoms with Gasteiger partial charge in [-0.05, 0) is 44.0 Å². The molecule has 0 unspecified atom stereocenters. The number of fused-ring (bicyclic) bond motifs is 1. The molecule has 0 saturated carbocycles. The van der Waals surface area contributed by atoms with Gasteiger partial charge in [0.2, 0.25) is 5.88 Å². The fraction of sp³-hybridized carbons (Fsp3) is 0.208. The number of benzene rings is 2. The maximum atomic E-state index is 12.7. The average molecular weight is 389 g/mol. The van der Waals surface area contributed by atoms with E-state index in [0.717, 1.165) is 16.9 Å². The minimum Gasteiger partial charge on any atom is -0.491 e. The Morgan fingerprint density at radius 1 is 1.00 bits per heavy atom. The third-order valence-corrected chi connectivity index (χ3v) is 4.52. The standard InChI is InChI=1S/C24H23NO4/c1-15(2)27-19-11-7-10-18(13-19)21-22-20(12-16(3)28-24(22)26)29-23(21)25-14-17-8-5-4-6-9-17/h4-13,15,25H,14H2,1-3H3. The number of nitrogens with one attached hydrogen (secondary N) is 1. The lowest BCUT2D eigenvalue weighted by Gasteiger charge is -2.11. The molecule has 0 aliphatic carbocycles. The van der Waals surface area contributed by atoms with Crippen LogP contribution in [0.2, 0.25) is 0 Å². The van der Waals surface area contributed by atoms with E-state index in [2.05, 4.69) is 5.32 Å². The second kappa shape index (κ2) is 7.87. The summed E-state index contributed by atoms with van der Waals surface area (Å²) in [7, 11) is 0. The number of hydrogen-bond acceptors (Lipinski definition) is 5. The first-order valence-electron chi connectivity index (χ1n) is 9.63. The van der Waals surface area contributed by atoms with Crippen molar-refractivity contribution in [3.8, 4) is 16.9 Å². The zero-order valence-corrected chi connectivity index (χ0v) is 16.7. The summed E-state index contributed by atoms with van der Waals surface area (Å²) in [6.07, 6.45) is 0.0507. The molecule has 148 valence electrons. The Morgan fingerprint density at radius 2 is 1.79 bits per heavy atom. The van der Waals surface area contributed by atoms with Crippen molar-refractivity contribution < 1.29 is 13.6 Å². The lowest BCUT2D eigenvalue weighted by Crippen LogP contribution is -2.05. The van der Waals surface area contributed by atoms with Gasteiger partial charge in [0.25, 0.3) is 0 Å². The van der Waals surface area contributed by atoms with E-state index in [1.165, 1.54) is 0 Å². The second-order valence-electron chi connectivity index (χ2n) is 7.22. The van der Waals surface area contributed by atoms with Crippen LogP contribution in [-0.4, -0.2) is 6.10 Å². The van der Waals surface area contributed by atoms with E-state index in [9.17, 15) is 4.79 Å². The van der Waals surface area contributed by atoms with Crippen LogP contribution in [0.25, 0.3) is 22.1 Å². The molecule has 1 N–H and O–H groups in total. The Morgan fingerprint density at radius 3 is 2.55 bits per heavy atom. The van der Waals surface area contributed by atoms with Gasteiger partial charge in [0.15, 0.2) is 0 Å². The van der Waals surface area contributed by atoms with Gasteiger partial charge in [0, 0.05) is 12.6 Å². The molecule has 0 bridgehead atoms. The molecule has 0 aliphatic heterocycles. The molecule has 0 spiro atoms. The molecule has 0 amide bonds. The predicted octanol–water partition coefficient (Wildman–Crippen LogP) is 5.76. The second-order valence-corrected chi connectivity index (χ2v) is 7.22. The lowest BCUT2D eigenvalue weighted by atomic mass is 10.0. The van der Waals surface area contributed by atoms with E-state index in [-0.39, 0.29) is 6.10 Å². The van der Waals surface area contributed by atoms with Crippen molar-refractivity contribution in [1.29, 1.82) is 0 Å². The van der Waals surface area contributed by atoms with E-state index in [1.807, 2.05) is 68.4 Å². The number of hydrogen-bond donors (Lipinski definition) is 1. The molecule has 0 atom stereocenters. The Hall–Kier alpha value is -3.47. The van der Waals surface area contributed by atoms with E-state index >= 15 is 0 Å². The largest absolute Gasteiger partial charge is 0.491 e. The maximum absolute atomic E-state index is 12.7. The quantitative estimate of drug-likeness (QED) is 0.454. The molecule has 4 rings (SSSR count). The first-order valence-corrected chi connectivity index (χ1v) is 9.63. The van der Waals surface area contributed by atoms with Crippen molar-refractivity contribution in [1.82, 2.24) is 0 Å². The Bertz CT molecular complexity index is 1190. The number of anilines is 1. The summed E-state index contributed by atoms with van der Waals surface area (Å²) in [5.74, 6) is 1.77. The highest BCUT2D eigenvalue weighted by molar-refractivity contribution is 5.99. The van der Waals surface area contributed by atoms with Gasteiger partial charge in [-0.3, -0.25) is 0 Å². The molecule has 2 aromatic carbocycles. The van der Waals surface area contributed by atoms with Crippen molar-refractivity contribution in [2.45, 2.75) is 33.4 Å². The topological polar surface area (TPSA) is 64.6 Å². The van der Waals surface area contributed by atoms with Crippen LogP contribution in [0.15, 0.2) is 74.3 Å². The molecule has 0 radical (unpaired) electrons. The number of ether oxygens (including phenoxy) is 1. The fourth-order valence-electron chi connectivity index (χ4n) is 3.34. The summed E-state index contributed by atoms with van der Waals surface area (Å²) in [5.41, 5.74) is 2.70. The van der Waals surface area contributed by atoms with Gasteiger partial charge >= 0.3 is 5.63 Å². The normalized spacial score (nSPS) is 11.2. The van der Waals surface area contributed by atoms with Gasteiger partial charge in [0.1, 0.15) is 22.5 Å². The summed E-state index contributed by atoms with van der Waals surface area (Å²) < 4.78 is 17.2. The molecular weight excluding hydrogens is 366 g/mol. The van der Waals surface area contributed by atoms with Crippen LogP contribution in [0.1, 0.15) is 25.2 Å². The molecule has 2 heterocycles. The molecule has 4 aromatic rings. The number of rotatable bonds is 6. The fourth-order valence-corrected chi connectivity index (χ4v) is 3.34. The van der Waals surface area contributed by atoms with Gasteiger partial charge in [-0.1, -0.05) is 42.5 Å². The third kappa shape index (κ3) is 4.04. The summed E-state index contributed by atoms with van der Waals surface area (Å²) in [6, 6.07) is 19.4. The highest BCUT2D eigenvalue weighted by atomic mass is 16.5. The van der Waals surface area contributed by atoms with Gasteiger partial charge in [-0.15, -0.1) is 0 Å². The molecular formula is C24H23NO4. The van der Waals surface area contributed by atoms with E-state index in [1.54, 1.807) is 13.0 Å². The van der Waals surface area contributed by atoms with E-state index in [0.29, 0.717) is 34.7 Å². The van der Waals surface area contributed by atoms with Crippen molar-refractivity contribution in [2.24, 2.45) is 0 Å². The van der Waals surface area contributed by atoms with Crippen molar-refractivity contribution in [2.75, 3.05) is 5.32 Å². The van der Waals surface area contributed by atoms with E-state index < -0.39 is 5.63 Å². The predicted molar refractivity (Wildman–Crippen MR) is 114 cm³/mol. The van der Waals surface area contributed by atoms with Gasteiger partial charge in [-0.2, -0.15) is 0 Å². The Kier molecular flexibility index (Phi) is 5.12. The zero-order valence-electron chi connectivity index (χ0n) is 16.7. The van der Waals surface area contributed by atoms with Crippen LogP contribution in [-0.2, 0) is 6.54 Å². The SMILES string of the molecule is Cc1cc2oc(NCc3ccccc3)c(-c3cccc(OC(C)C)c3)c2c(=O)o1. The molecule has 0 aliphatic rings. The monoisotopic (exact) mass is 389 g/mol.